The van der Waals surface area contributed by atoms with Gasteiger partial charge < -0.3 is 10.2 Å². The molecular formula is C13H25N3O. The van der Waals surface area contributed by atoms with Crippen molar-refractivity contribution in [3.63, 3.8) is 0 Å². The molecule has 0 saturated carbocycles. The average Bonchev–Trinajstić information content (AvgIpc) is 2.33. The third-order valence-electron chi connectivity index (χ3n) is 4.27. The Kier molecular flexibility index (Phi) is 3.73. The zero-order valence-corrected chi connectivity index (χ0v) is 11.3. The first-order chi connectivity index (χ1) is 8.00. The Balaban J connectivity index is 1.95. The maximum atomic E-state index is 12.4. The van der Waals surface area contributed by atoms with Gasteiger partial charge in [0.1, 0.15) is 0 Å². The van der Waals surface area contributed by atoms with E-state index in [0.717, 1.165) is 45.6 Å². The molecule has 0 aromatic carbocycles. The molecule has 2 rings (SSSR count). The van der Waals surface area contributed by atoms with E-state index in [9.17, 15) is 4.79 Å². The predicted octanol–water partition coefficient (Wildman–Crippen LogP) is 0.539. The molecule has 0 spiro atoms. The van der Waals surface area contributed by atoms with Gasteiger partial charge in [0.2, 0.25) is 5.91 Å². The van der Waals surface area contributed by atoms with E-state index >= 15 is 0 Å². The average molecular weight is 239 g/mol. The van der Waals surface area contributed by atoms with E-state index in [1.165, 1.54) is 0 Å². The Morgan fingerprint density at radius 3 is 2.71 bits per heavy atom. The number of piperidine rings is 1. The summed E-state index contributed by atoms with van der Waals surface area (Å²) in [5.41, 5.74) is 0.107. The fourth-order valence-electron chi connectivity index (χ4n) is 2.75. The number of amides is 1. The minimum absolute atomic E-state index is 0.107. The first-order valence-corrected chi connectivity index (χ1v) is 6.71. The lowest BCUT2D eigenvalue weighted by atomic mass is 9.94. The molecule has 0 aliphatic carbocycles. The molecule has 98 valence electrons. The van der Waals surface area contributed by atoms with Crippen LogP contribution in [-0.4, -0.2) is 61.0 Å². The van der Waals surface area contributed by atoms with Crippen LogP contribution >= 0.6 is 0 Å². The zero-order valence-electron chi connectivity index (χ0n) is 11.3. The van der Waals surface area contributed by atoms with Crippen LogP contribution in [0.1, 0.15) is 26.7 Å². The fraction of sp³-hybridized carbons (Fsp3) is 0.923. The Hall–Kier alpha value is -0.610. The highest BCUT2D eigenvalue weighted by molar-refractivity contribution is 5.79. The minimum atomic E-state index is 0.107. The molecule has 1 unspecified atom stereocenters. The van der Waals surface area contributed by atoms with E-state index in [1.807, 2.05) is 0 Å². The summed E-state index contributed by atoms with van der Waals surface area (Å²) >= 11 is 0. The summed E-state index contributed by atoms with van der Waals surface area (Å²) in [5, 5.41) is 3.33. The molecule has 0 bridgehead atoms. The van der Waals surface area contributed by atoms with E-state index in [1.54, 1.807) is 0 Å². The van der Waals surface area contributed by atoms with Gasteiger partial charge in [-0.25, -0.2) is 0 Å². The van der Waals surface area contributed by atoms with Gasteiger partial charge in [0.05, 0.1) is 5.92 Å². The molecular weight excluding hydrogens is 214 g/mol. The molecule has 2 saturated heterocycles. The summed E-state index contributed by atoms with van der Waals surface area (Å²) in [5.74, 6) is 0.571. The Labute approximate surface area is 104 Å². The smallest absolute Gasteiger partial charge is 0.227 e. The predicted molar refractivity (Wildman–Crippen MR) is 68.9 cm³/mol. The standard InChI is InChI=1S/C13H25N3O/c1-13(2)10-16(8-7-15(13)3)12(17)11-5-4-6-14-9-11/h11,14H,4-10H2,1-3H3. The molecule has 2 fully saturated rings. The number of piperazine rings is 1. The van der Waals surface area contributed by atoms with Crippen LogP contribution in [0, 0.1) is 5.92 Å². The molecule has 2 aliphatic rings. The molecule has 1 atom stereocenters. The van der Waals surface area contributed by atoms with Crippen LogP contribution < -0.4 is 5.32 Å². The van der Waals surface area contributed by atoms with E-state index in [2.05, 4.69) is 36.0 Å². The number of nitrogens with zero attached hydrogens (tertiary/aromatic N) is 2. The van der Waals surface area contributed by atoms with Crippen LogP contribution in [0.3, 0.4) is 0 Å². The molecule has 0 radical (unpaired) electrons. The zero-order chi connectivity index (χ0) is 12.5. The third-order valence-corrected chi connectivity index (χ3v) is 4.27. The lowest BCUT2D eigenvalue weighted by molar-refractivity contribution is -0.140. The van der Waals surface area contributed by atoms with Crippen LogP contribution in [0.4, 0.5) is 0 Å². The summed E-state index contributed by atoms with van der Waals surface area (Å²) in [7, 11) is 2.14. The lowest BCUT2D eigenvalue weighted by Crippen LogP contribution is -2.60. The fourth-order valence-corrected chi connectivity index (χ4v) is 2.75. The number of hydrogen-bond donors (Lipinski definition) is 1. The second-order valence-electron chi connectivity index (χ2n) is 6.04. The Morgan fingerprint density at radius 2 is 2.12 bits per heavy atom. The number of likely N-dealkylation sites (N-methyl/N-ethyl adjacent to an activating group) is 1. The van der Waals surface area contributed by atoms with Crippen molar-refractivity contribution in [2.45, 2.75) is 32.2 Å². The van der Waals surface area contributed by atoms with Crippen LogP contribution in [0.15, 0.2) is 0 Å². The van der Waals surface area contributed by atoms with Gasteiger partial charge in [-0.2, -0.15) is 0 Å². The Bertz CT molecular complexity index is 284. The Morgan fingerprint density at radius 1 is 1.35 bits per heavy atom. The van der Waals surface area contributed by atoms with Crippen LogP contribution in [0.2, 0.25) is 0 Å². The molecule has 1 amide bonds. The third kappa shape index (κ3) is 2.80. The number of carbonyl (C=O) groups excluding carboxylic acids is 1. The van der Waals surface area contributed by atoms with E-state index < -0.39 is 0 Å². The van der Waals surface area contributed by atoms with E-state index in [-0.39, 0.29) is 11.5 Å². The largest absolute Gasteiger partial charge is 0.339 e. The van der Waals surface area contributed by atoms with Crippen molar-refractivity contribution in [3.8, 4) is 0 Å². The van der Waals surface area contributed by atoms with Gasteiger partial charge in [-0.3, -0.25) is 9.69 Å². The van der Waals surface area contributed by atoms with Gasteiger partial charge in [0.25, 0.3) is 0 Å². The van der Waals surface area contributed by atoms with Crippen LogP contribution in [0.5, 0.6) is 0 Å². The molecule has 1 N–H and O–H groups in total. The van der Waals surface area contributed by atoms with Gasteiger partial charge in [-0.15, -0.1) is 0 Å². The van der Waals surface area contributed by atoms with Crippen molar-refractivity contribution in [3.05, 3.63) is 0 Å². The summed E-state index contributed by atoms with van der Waals surface area (Å²) in [6, 6.07) is 0. The molecule has 4 nitrogen and oxygen atoms in total. The SMILES string of the molecule is CN1CCN(C(=O)C2CCCNC2)CC1(C)C. The first kappa shape index (κ1) is 12.8. The van der Waals surface area contributed by atoms with Crippen molar-refractivity contribution in [2.24, 2.45) is 5.92 Å². The maximum Gasteiger partial charge on any atom is 0.227 e. The molecule has 2 aliphatic heterocycles. The quantitative estimate of drug-likeness (QED) is 0.725. The maximum absolute atomic E-state index is 12.4. The van der Waals surface area contributed by atoms with Crippen molar-refractivity contribution in [1.82, 2.24) is 15.1 Å². The number of carbonyl (C=O) groups is 1. The van der Waals surface area contributed by atoms with Gasteiger partial charge in [0, 0.05) is 31.7 Å². The second-order valence-corrected chi connectivity index (χ2v) is 6.04. The van der Waals surface area contributed by atoms with Crippen molar-refractivity contribution in [1.29, 1.82) is 0 Å². The summed E-state index contributed by atoms with van der Waals surface area (Å²) in [4.78, 5) is 16.8. The van der Waals surface area contributed by atoms with Gasteiger partial charge >= 0.3 is 0 Å². The lowest BCUT2D eigenvalue weighted by Gasteiger charge is -2.46. The van der Waals surface area contributed by atoms with Crippen molar-refractivity contribution < 1.29 is 4.79 Å². The van der Waals surface area contributed by atoms with Crippen molar-refractivity contribution >= 4 is 5.91 Å². The monoisotopic (exact) mass is 239 g/mol. The molecule has 4 heteroatoms. The van der Waals surface area contributed by atoms with E-state index in [0.29, 0.717) is 5.91 Å². The molecule has 0 aromatic rings. The normalized spacial score (nSPS) is 30.3. The minimum Gasteiger partial charge on any atom is -0.339 e. The topological polar surface area (TPSA) is 35.6 Å². The van der Waals surface area contributed by atoms with E-state index in [4.69, 9.17) is 0 Å². The molecule has 2 heterocycles. The van der Waals surface area contributed by atoms with Crippen LogP contribution in [-0.2, 0) is 4.79 Å². The highest BCUT2D eigenvalue weighted by Gasteiger charge is 2.35. The molecule has 17 heavy (non-hydrogen) atoms. The highest BCUT2D eigenvalue weighted by atomic mass is 16.2. The summed E-state index contributed by atoms with van der Waals surface area (Å²) < 4.78 is 0. The highest BCUT2D eigenvalue weighted by Crippen LogP contribution is 2.22. The number of hydrogen-bond acceptors (Lipinski definition) is 3. The first-order valence-electron chi connectivity index (χ1n) is 6.71. The van der Waals surface area contributed by atoms with Crippen LogP contribution in [0.25, 0.3) is 0 Å². The number of rotatable bonds is 1. The molecule has 0 aromatic heterocycles. The van der Waals surface area contributed by atoms with Gasteiger partial charge in [-0.05, 0) is 40.3 Å². The van der Waals surface area contributed by atoms with Gasteiger partial charge in [-0.1, -0.05) is 0 Å². The summed E-state index contributed by atoms with van der Waals surface area (Å²) in [6.45, 7) is 9.09. The van der Waals surface area contributed by atoms with Gasteiger partial charge in [0.15, 0.2) is 0 Å². The second kappa shape index (κ2) is 4.94. The van der Waals surface area contributed by atoms with Crippen molar-refractivity contribution in [2.75, 3.05) is 39.8 Å². The number of nitrogens with one attached hydrogen (secondary N) is 1. The summed E-state index contributed by atoms with van der Waals surface area (Å²) in [6.07, 6.45) is 2.19.